The van der Waals surface area contributed by atoms with Crippen molar-refractivity contribution in [2.45, 2.75) is 52.2 Å². The van der Waals surface area contributed by atoms with Gasteiger partial charge in [0.15, 0.2) is 0 Å². The molecule has 112 valence electrons. The van der Waals surface area contributed by atoms with Crippen LogP contribution in [-0.4, -0.2) is 39.8 Å². The lowest BCUT2D eigenvalue weighted by Crippen LogP contribution is -2.36. The molecule has 0 bridgehead atoms. The van der Waals surface area contributed by atoms with E-state index in [-0.39, 0.29) is 18.2 Å². The summed E-state index contributed by atoms with van der Waals surface area (Å²) in [7, 11) is 0. The zero-order chi connectivity index (χ0) is 14.8. The molecule has 2 unspecified atom stereocenters. The maximum absolute atomic E-state index is 9.49. The van der Waals surface area contributed by atoms with Gasteiger partial charge in [0.25, 0.3) is 0 Å². The molecule has 2 N–H and O–H groups in total. The molecule has 1 aromatic heterocycles. The van der Waals surface area contributed by atoms with Crippen LogP contribution in [-0.2, 0) is 6.54 Å². The predicted octanol–water partition coefficient (Wildman–Crippen LogP) is 1.57. The monoisotopic (exact) mass is 278 g/mol. The van der Waals surface area contributed by atoms with Crippen LogP contribution in [0.2, 0.25) is 0 Å². The van der Waals surface area contributed by atoms with E-state index in [0.29, 0.717) is 5.92 Å². The number of rotatable bonds is 4. The Kier molecular flexibility index (Phi) is 4.60. The fraction of sp³-hybridized carbons (Fsp3) is 0.733. The molecule has 1 fully saturated rings. The number of nitrogens with zero attached hydrogens (tertiary/aromatic N) is 3. The summed E-state index contributed by atoms with van der Waals surface area (Å²) in [5.74, 6) is 1.22. The van der Waals surface area contributed by atoms with Gasteiger partial charge < -0.3 is 15.3 Å². The van der Waals surface area contributed by atoms with Crippen LogP contribution < -0.4 is 10.2 Å². The Labute approximate surface area is 121 Å². The van der Waals surface area contributed by atoms with Crippen LogP contribution in [0.4, 0.5) is 5.95 Å². The molecule has 0 amide bonds. The fourth-order valence-corrected chi connectivity index (χ4v) is 2.49. The van der Waals surface area contributed by atoms with Crippen LogP contribution in [0.25, 0.3) is 0 Å². The van der Waals surface area contributed by atoms with Gasteiger partial charge in [-0.25, -0.2) is 9.97 Å². The molecule has 0 spiro atoms. The Hall–Kier alpha value is -1.20. The van der Waals surface area contributed by atoms with E-state index in [1.165, 1.54) is 0 Å². The van der Waals surface area contributed by atoms with Crippen molar-refractivity contribution in [3.63, 3.8) is 0 Å². The largest absolute Gasteiger partial charge is 0.394 e. The fourth-order valence-electron chi connectivity index (χ4n) is 2.49. The molecule has 20 heavy (non-hydrogen) atoms. The number of aliphatic hydroxyl groups is 1. The molecule has 0 radical (unpaired) electrons. The van der Waals surface area contributed by atoms with Gasteiger partial charge in [-0.2, -0.15) is 0 Å². The molecule has 1 aromatic rings. The van der Waals surface area contributed by atoms with Crippen molar-refractivity contribution < 1.29 is 5.11 Å². The lowest BCUT2D eigenvalue weighted by atomic mass is 10.0. The van der Waals surface area contributed by atoms with Crippen molar-refractivity contribution >= 4 is 5.95 Å². The van der Waals surface area contributed by atoms with Crippen LogP contribution in [0.1, 0.15) is 39.7 Å². The second kappa shape index (κ2) is 6.06. The maximum atomic E-state index is 9.49. The third-order valence-corrected chi connectivity index (χ3v) is 3.84. The van der Waals surface area contributed by atoms with Gasteiger partial charge in [-0.15, -0.1) is 0 Å². The molecule has 0 aliphatic carbocycles. The standard InChI is InChI=1S/C15H26N4O/c1-11-5-6-19(13(11)10-20)14-16-7-12(8-17-14)9-18-15(2,3)4/h7-8,11,13,18,20H,5-6,9-10H2,1-4H3. The number of hydrogen-bond acceptors (Lipinski definition) is 5. The third kappa shape index (κ3) is 3.67. The summed E-state index contributed by atoms with van der Waals surface area (Å²) in [4.78, 5) is 11.0. The molecule has 1 aliphatic rings. The zero-order valence-electron chi connectivity index (χ0n) is 12.9. The first kappa shape index (κ1) is 15.2. The van der Waals surface area contributed by atoms with Crippen LogP contribution in [0.5, 0.6) is 0 Å². The van der Waals surface area contributed by atoms with Crippen LogP contribution in [0.15, 0.2) is 12.4 Å². The molecule has 0 aromatic carbocycles. The predicted molar refractivity (Wildman–Crippen MR) is 80.6 cm³/mol. The molecular weight excluding hydrogens is 252 g/mol. The van der Waals surface area contributed by atoms with Crippen molar-refractivity contribution in [3.05, 3.63) is 18.0 Å². The van der Waals surface area contributed by atoms with Gasteiger partial charge in [0, 0.05) is 36.6 Å². The van der Waals surface area contributed by atoms with E-state index in [9.17, 15) is 5.11 Å². The molecule has 1 aliphatic heterocycles. The number of aromatic nitrogens is 2. The van der Waals surface area contributed by atoms with Crippen molar-refractivity contribution in [2.75, 3.05) is 18.1 Å². The molecule has 1 saturated heterocycles. The first-order valence-electron chi connectivity index (χ1n) is 7.34. The van der Waals surface area contributed by atoms with E-state index >= 15 is 0 Å². The Morgan fingerprint density at radius 2 is 2.00 bits per heavy atom. The summed E-state index contributed by atoms with van der Waals surface area (Å²) in [6, 6.07) is 0.147. The minimum absolute atomic E-state index is 0.0883. The number of anilines is 1. The normalized spacial score (nSPS) is 23.4. The minimum Gasteiger partial charge on any atom is -0.394 e. The summed E-state index contributed by atoms with van der Waals surface area (Å²) in [6.45, 7) is 10.4. The van der Waals surface area contributed by atoms with E-state index in [2.05, 4.69) is 47.9 Å². The van der Waals surface area contributed by atoms with Gasteiger partial charge in [-0.1, -0.05) is 6.92 Å². The van der Waals surface area contributed by atoms with E-state index in [1.807, 2.05) is 12.4 Å². The quantitative estimate of drug-likeness (QED) is 0.875. The van der Waals surface area contributed by atoms with E-state index in [4.69, 9.17) is 0 Å². The first-order chi connectivity index (χ1) is 9.40. The van der Waals surface area contributed by atoms with Crippen molar-refractivity contribution in [2.24, 2.45) is 5.92 Å². The molecule has 0 saturated carbocycles. The summed E-state index contributed by atoms with van der Waals surface area (Å²) in [6.07, 6.45) is 4.83. The van der Waals surface area contributed by atoms with Crippen LogP contribution in [0.3, 0.4) is 0 Å². The lowest BCUT2D eigenvalue weighted by Gasteiger charge is -2.25. The molecular formula is C15H26N4O. The Bertz CT molecular complexity index is 426. The van der Waals surface area contributed by atoms with E-state index in [1.54, 1.807) is 0 Å². The highest BCUT2D eigenvalue weighted by molar-refractivity contribution is 5.34. The second-order valence-electron chi connectivity index (χ2n) is 6.70. The van der Waals surface area contributed by atoms with Crippen LogP contribution >= 0.6 is 0 Å². The van der Waals surface area contributed by atoms with Crippen molar-refractivity contribution in [1.29, 1.82) is 0 Å². The highest BCUT2D eigenvalue weighted by atomic mass is 16.3. The highest BCUT2D eigenvalue weighted by Gasteiger charge is 2.32. The maximum Gasteiger partial charge on any atom is 0.225 e. The van der Waals surface area contributed by atoms with E-state index in [0.717, 1.165) is 31.0 Å². The van der Waals surface area contributed by atoms with Gasteiger partial charge in [0.05, 0.1) is 12.6 Å². The van der Waals surface area contributed by atoms with Gasteiger partial charge in [0.2, 0.25) is 5.95 Å². The first-order valence-corrected chi connectivity index (χ1v) is 7.34. The smallest absolute Gasteiger partial charge is 0.225 e. The molecule has 2 atom stereocenters. The summed E-state index contributed by atoms with van der Waals surface area (Å²) >= 11 is 0. The third-order valence-electron chi connectivity index (χ3n) is 3.84. The number of aliphatic hydroxyl groups excluding tert-OH is 1. The van der Waals surface area contributed by atoms with Gasteiger partial charge >= 0.3 is 0 Å². The minimum atomic E-state index is 0.0883. The van der Waals surface area contributed by atoms with Crippen molar-refractivity contribution in [1.82, 2.24) is 15.3 Å². The molecule has 5 nitrogen and oxygen atoms in total. The lowest BCUT2D eigenvalue weighted by molar-refractivity contribution is 0.244. The van der Waals surface area contributed by atoms with Gasteiger partial charge in [-0.3, -0.25) is 0 Å². The average molecular weight is 278 g/mol. The zero-order valence-corrected chi connectivity index (χ0v) is 12.9. The summed E-state index contributed by atoms with van der Waals surface area (Å²) in [5, 5.41) is 12.9. The Morgan fingerprint density at radius 3 is 2.55 bits per heavy atom. The SMILES string of the molecule is CC1CCN(c2ncc(CNC(C)(C)C)cn2)C1CO. The van der Waals surface area contributed by atoms with Crippen molar-refractivity contribution in [3.8, 4) is 0 Å². The Balaban J connectivity index is 2.01. The number of nitrogens with one attached hydrogen (secondary N) is 1. The van der Waals surface area contributed by atoms with Crippen LogP contribution in [0, 0.1) is 5.92 Å². The summed E-state index contributed by atoms with van der Waals surface area (Å²) in [5.41, 5.74) is 1.17. The van der Waals surface area contributed by atoms with Gasteiger partial charge in [0.1, 0.15) is 0 Å². The second-order valence-corrected chi connectivity index (χ2v) is 6.70. The number of hydrogen-bond donors (Lipinski definition) is 2. The molecule has 2 rings (SSSR count). The highest BCUT2D eigenvalue weighted by Crippen LogP contribution is 2.26. The topological polar surface area (TPSA) is 61.3 Å². The molecule has 5 heteroatoms. The Morgan fingerprint density at radius 1 is 1.35 bits per heavy atom. The van der Waals surface area contributed by atoms with Gasteiger partial charge in [-0.05, 0) is 33.1 Å². The average Bonchev–Trinajstić information content (AvgIpc) is 2.77. The summed E-state index contributed by atoms with van der Waals surface area (Å²) < 4.78 is 0. The van der Waals surface area contributed by atoms with E-state index < -0.39 is 0 Å². The molecule has 2 heterocycles.